The summed E-state index contributed by atoms with van der Waals surface area (Å²) in [7, 11) is -3.92. The van der Waals surface area contributed by atoms with Gasteiger partial charge in [0.05, 0.1) is 11.9 Å². The van der Waals surface area contributed by atoms with Gasteiger partial charge in [-0.1, -0.05) is 31.0 Å². The fraction of sp³-hybridized carbons (Fsp3) is 0.417. The van der Waals surface area contributed by atoms with Crippen molar-refractivity contribution in [3.05, 3.63) is 65.7 Å². The van der Waals surface area contributed by atoms with Crippen LogP contribution in [-0.2, 0) is 26.2 Å². The molecular weight excluding hydrogens is 464 g/mol. The van der Waals surface area contributed by atoms with Gasteiger partial charge < -0.3 is 10.2 Å². The molecule has 0 aliphatic heterocycles. The van der Waals surface area contributed by atoms with E-state index in [2.05, 4.69) is 5.32 Å². The molecule has 7 nitrogen and oxygen atoms in total. The Labute approximate surface area is 198 Å². The minimum atomic E-state index is -3.92. The molecule has 2 aromatic rings. The summed E-state index contributed by atoms with van der Waals surface area (Å²) >= 11 is 0. The first-order valence-electron chi connectivity index (χ1n) is 11.1. The molecule has 1 aliphatic carbocycles. The van der Waals surface area contributed by atoms with Crippen molar-refractivity contribution in [2.75, 3.05) is 17.1 Å². The summed E-state index contributed by atoms with van der Waals surface area (Å²) in [5, 5.41) is 2.94. The number of hydrogen-bond donors (Lipinski definition) is 1. The van der Waals surface area contributed by atoms with Gasteiger partial charge in [0.15, 0.2) is 0 Å². The lowest BCUT2D eigenvalue weighted by Crippen LogP contribution is -2.52. The van der Waals surface area contributed by atoms with Gasteiger partial charge in [-0.15, -0.1) is 0 Å². The third-order valence-electron chi connectivity index (χ3n) is 5.96. The molecule has 0 aromatic heterocycles. The number of carbonyl (C=O) groups is 2. The third-order valence-corrected chi connectivity index (χ3v) is 7.10. The Kier molecular flexibility index (Phi) is 8.24. The van der Waals surface area contributed by atoms with Crippen LogP contribution in [0.3, 0.4) is 0 Å². The highest BCUT2D eigenvalue weighted by atomic mass is 32.2. The van der Waals surface area contributed by atoms with E-state index in [-0.39, 0.29) is 29.7 Å². The predicted molar refractivity (Wildman–Crippen MR) is 125 cm³/mol. The molecule has 34 heavy (non-hydrogen) atoms. The summed E-state index contributed by atoms with van der Waals surface area (Å²) in [5.74, 6) is -2.17. The van der Waals surface area contributed by atoms with Gasteiger partial charge in [-0.25, -0.2) is 17.2 Å². The number of halogens is 2. The molecule has 0 spiro atoms. The molecule has 2 aromatic carbocycles. The molecule has 184 valence electrons. The van der Waals surface area contributed by atoms with Crippen molar-refractivity contribution >= 4 is 27.5 Å². The molecule has 0 unspecified atom stereocenters. The van der Waals surface area contributed by atoms with Crippen LogP contribution in [0.5, 0.6) is 0 Å². The van der Waals surface area contributed by atoms with Crippen LogP contribution >= 0.6 is 0 Å². The zero-order valence-electron chi connectivity index (χ0n) is 19.2. The summed E-state index contributed by atoms with van der Waals surface area (Å²) < 4.78 is 53.5. The topological polar surface area (TPSA) is 86.8 Å². The fourth-order valence-electron chi connectivity index (χ4n) is 4.01. The second-order valence-electron chi connectivity index (χ2n) is 8.53. The minimum absolute atomic E-state index is 0.0205. The minimum Gasteiger partial charge on any atom is -0.352 e. The maximum absolute atomic E-state index is 14.4. The van der Waals surface area contributed by atoms with E-state index >= 15 is 0 Å². The maximum Gasteiger partial charge on any atom is 0.244 e. The molecular formula is C24H29F2N3O4S. The van der Waals surface area contributed by atoms with Crippen LogP contribution in [0.15, 0.2) is 48.5 Å². The van der Waals surface area contributed by atoms with Crippen LogP contribution in [0.1, 0.15) is 38.2 Å². The molecule has 3 rings (SSSR count). The average molecular weight is 494 g/mol. The summed E-state index contributed by atoms with van der Waals surface area (Å²) in [5.41, 5.74) is 0.301. The number of amides is 2. The van der Waals surface area contributed by atoms with Crippen LogP contribution in [-0.4, -0.2) is 50.0 Å². The number of benzene rings is 2. The molecule has 0 heterocycles. The zero-order chi connectivity index (χ0) is 24.9. The van der Waals surface area contributed by atoms with Gasteiger partial charge in [-0.3, -0.25) is 13.9 Å². The Morgan fingerprint density at radius 1 is 1.06 bits per heavy atom. The second-order valence-corrected chi connectivity index (χ2v) is 10.4. The van der Waals surface area contributed by atoms with Crippen LogP contribution in [0, 0.1) is 11.6 Å². The summed E-state index contributed by atoms with van der Waals surface area (Å²) in [6.45, 7) is 0.692. The number of carbonyl (C=O) groups excluding carboxylic acids is 2. The number of nitrogens with one attached hydrogen (secondary N) is 1. The highest BCUT2D eigenvalue weighted by molar-refractivity contribution is 7.92. The Bertz CT molecular complexity index is 1120. The average Bonchev–Trinajstić information content (AvgIpc) is 3.29. The fourth-order valence-corrected chi connectivity index (χ4v) is 4.86. The lowest BCUT2D eigenvalue weighted by atomic mass is 10.1. The van der Waals surface area contributed by atoms with Gasteiger partial charge in [0.25, 0.3) is 0 Å². The maximum atomic E-state index is 14.4. The standard InChI is InChI=1S/C24H29F2N3O4S/c1-17(24(31)27-20-8-4-5-9-20)28(15-18-7-3-6-10-22(18)26)23(30)16-29(34(2,32)33)21-13-11-19(25)12-14-21/h3,6-7,10-14,17,20H,4-5,8-9,15-16H2,1-2H3,(H,27,31)/t17-/m0/s1. The van der Waals surface area contributed by atoms with E-state index in [9.17, 15) is 26.8 Å². The van der Waals surface area contributed by atoms with Gasteiger partial charge in [-0.05, 0) is 50.1 Å². The van der Waals surface area contributed by atoms with E-state index < -0.39 is 40.2 Å². The monoisotopic (exact) mass is 493 g/mol. The summed E-state index contributed by atoms with van der Waals surface area (Å²) in [6.07, 6.45) is 4.66. The van der Waals surface area contributed by atoms with E-state index in [1.165, 1.54) is 42.2 Å². The smallest absolute Gasteiger partial charge is 0.244 e. The number of sulfonamides is 1. The first-order chi connectivity index (χ1) is 16.1. The van der Waals surface area contributed by atoms with Crippen molar-refractivity contribution in [2.24, 2.45) is 0 Å². The molecule has 2 amide bonds. The SMILES string of the molecule is C[C@@H](C(=O)NC1CCCC1)N(Cc1ccccc1F)C(=O)CN(c1ccc(F)cc1)S(C)(=O)=O. The predicted octanol–water partition coefficient (Wildman–Crippen LogP) is 3.21. The van der Waals surface area contributed by atoms with Crippen molar-refractivity contribution in [3.63, 3.8) is 0 Å². The summed E-state index contributed by atoms with van der Waals surface area (Å²) in [6, 6.07) is 9.62. The molecule has 1 atom stereocenters. The molecule has 0 saturated heterocycles. The Hall–Kier alpha value is -3.01. The quantitative estimate of drug-likeness (QED) is 0.581. The number of rotatable bonds is 9. The molecule has 10 heteroatoms. The Balaban J connectivity index is 1.88. The van der Waals surface area contributed by atoms with Crippen molar-refractivity contribution < 1.29 is 26.8 Å². The molecule has 0 bridgehead atoms. The number of anilines is 1. The number of nitrogens with zero attached hydrogens (tertiary/aromatic N) is 2. The van der Waals surface area contributed by atoms with Crippen molar-refractivity contribution in [1.82, 2.24) is 10.2 Å². The number of hydrogen-bond acceptors (Lipinski definition) is 4. The van der Waals surface area contributed by atoms with Gasteiger partial charge >= 0.3 is 0 Å². The van der Waals surface area contributed by atoms with Crippen LogP contribution in [0.2, 0.25) is 0 Å². The molecule has 1 saturated carbocycles. The lowest BCUT2D eigenvalue weighted by Gasteiger charge is -2.32. The largest absolute Gasteiger partial charge is 0.352 e. The molecule has 1 aliphatic rings. The van der Waals surface area contributed by atoms with Crippen molar-refractivity contribution in [1.29, 1.82) is 0 Å². The first kappa shape index (κ1) is 25.6. The molecule has 1 fully saturated rings. The van der Waals surface area contributed by atoms with E-state index in [0.29, 0.717) is 0 Å². The van der Waals surface area contributed by atoms with Crippen molar-refractivity contribution in [2.45, 2.75) is 51.2 Å². The van der Waals surface area contributed by atoms with Crippen LogP contribution in [0.25, 0.3) is 0 Å². The van der Waals surface area contributed by atoms with Gasteiger partial charge in [0.2, 0.25) is 21.8 Å². The van der Waals surface area contributed by atoms with Gasteiger partial charge in [0, 0.05) is 18.2 Å². The Morgan fingerprint density at radius 3 is 2.26 bits per heavy atom. The highest BCUT2D eigenvalue weighted by Gasteiger charge is 2.31. The molecule has 0 radical (unpaired) electrons. The second kappa shape index (κ2) is 10.9. The Morgan fingerprint density at radius 2 is 1.68 bits per heavy atom. The van der Waals surface area contributed by atoms with Gasteiger partial charge in [0.1, 0.15) is 24.2 Å². The van der Waals surface area contributed by atoms with Crippen LogP contribution in [0.4, 0.5) is 14.5 Å². The first-order valence-corrected chi connectivity index (χ1v) is 13.0. The summed E-state index contributed by atoms with van der Waals surface area (Å²) in [4.78, 5) is 27.5. The van der Waals surface area contributed by atoms with E-state index in [0.717, 1.165) is 48.4 Å². The third kappa shape index (κ3) is 6.53. The lowest BCUT2D eigenvalue weighted by molar-refractivity contribution is -0.139. The van der Waals surface area contributed by atoms with E-state index in [1.54, 1.807) is 6.07 Å². The molecule has 1 N–H and O–H groups in total. The van der Waals surface area contributed by atoms with Crippen LogP contribution < -0.4 is 9.62 Å². The van der Waals surface area contributed by atoms with Crippen molar-refractivity contribution in [3.8, 4) is 0 Å². The zero-order valence-corrected chi connectivity index (χ0v) is 20.0. The van der Waals surface area contributed by atoms with Gasteiger partial charge in [-0.2, -0.15) is 0 Å². The normalized spacial score (nSPS) is 15.1. The highest BCUT2D eigenvalue weighted by Crippen LogP contribution is 2.21. The van der Waals surface area contributed by atoms with E-state index in [1.807, 2.05) is 0 Å². The van der Waals surface area contributed by atoms with E-state index in [4.69, 9.17) is 0 Å².